The smallest absolute Gasteiger partial charge is 0.251 e. The second-order valence-corrected chi connectivity index (χ2v) is 7.37. The lowest BCUT2D eigenvalue weighted by molar-refractivity contribution is -0.134. The Hall–Kier alpha value is -1.88. The van der Waals surface area contributed by atoms with Crippen molar-refractivity contribution in [2.45, 2.75) is 45.6 Å². The molecular formula is C20H29N3O2. The van der Waals surface area contributed by atoms with Crippen LogP contribution in [0, 0.1) is 11.3 Å². The van der Waals surface area contributed by atoms with Crippen molar-refractivity contribution in [3.8, 4) is 0 Å². The first-order valence-corrected chi connectivity index (χ1v) is 9.52. The molecule has 25 heavy (non-hydrogen) atoms. The van der Waals surface area contributed by atoms with Gasteiger partial charge in [-0.25, -0.2) is 0 Å². The molecule has 0 unspecified atom stereocenters. The summed E-state index contributed by atoms with van der Waals surface area (Å²) < 4.78 is 0. The monoisotopic (exact) mass is 343 g/mol. The summed E-state index contributed by atoms with van der Waals surface area (Å²) in [6, 6.07) is 7.52. The minimum Gasteiger partial charge on any atom is -0.352 e. The van der Waals surface area contributed by atoms with Crippen LogP contribution in [0.4, 0.5) is 0 Å². The third-order valence-corrected chi connectivity index (χ3v) is 5.67. The molecule has 1 aliphatic heterocycles. The summed E-state index contributed by atoms with van der Waals surface area (Å²) in [5, 5.41) is 9.43. The molecule has 1 aromatic rings. The minimum atomic E-state index is -0.228. The summed E-state index contributed by atoms with van der Waals surface area (Å²) in [4.78, 5) is 25.0. The van der Waals surface area contributed by atoms with E-state index in [1.165, 1.54) is 6.42 Å². The molecule has 136 valence electrons. The molecule has 0 bridgehead atoms. The van der Waals surface area contributed by atoms with Gasteiger partial charge >= 0.3 is 0 Å². The molecule has 2 aliphatic rings. The van der Waals surface area contributed by atoms with E-state index < -0.39 is 0 Å². The molecule has 2 atom stereocenters. The van der Waals surface area contributed by atoms with E-state index in [9.17, 15) is 9.59 Å². The molecule has 1 saturated carbocycles. The Morgan fingerprint density at radius 3 is 3.00 bits per heavy atom. The Balaban J connectivity index is 1.61. The van der Waals surface area contributed by atoms with Gasteiger partial charge in [-0.3, -0.25) is 9.59 Å². The average Bonchev–Trinajstić information content (AvgIpc) is 3.09. The van der Waals surface area contributed by atoms with Gasteiger partial charge in [-0.05, 0) is 49.4 Å². The zero-order valence-corrected chi connectivity index (χ0v) is 15.1. The lowest BCUT2D eigenvalue weighted by atomic mass is 9.67. The molecule has 1 aliphatic carbocycles. The number of hydrogen-bond acceptors (Lipinski definition) is 3. The number of carbonyl (C=O) groups is 2. The molecule has 1 aromatic carbocycles. The molecule has 2 amide bonds. The molecular weight excluding hydrogens is 314 g/mol. The Kier molecular flexibility index (Phi) is 5.74. The molecule has 0 radical (unpaired) electrons. The quantitative estimate of drug-likeness (QED) is 0.742. The van der Waals surface area contributed by atoms with Crippen LogP contribution in [0.5, 0.6) is 0 Å². The van der Waals surface area contributed by atoms with Crippen molar-refractivity contribution in [3.63, 3.8) is 0 Å². The Morgan fingerprint density at radius 2 is 2.16 bits per heavy atom. The average molecular weight is 343 g/mol. The fraction of sp³-hybridized carbons (Fsp3) is 0.600. The maximum atomic E-state index is 12.9. The maximum absolute atomic E-state index is 12.9. The topological polar surface area (TPSA) is 70.2 Å². The van der Waals surface area contributed by atoms with Crippen molar-refractivity contribution < 1.29 is 9.59 Å². The van der Waals surface area contributed by atoms with Crippen LogP contribution in [0.25, 0.3) is 0 Å². The Bertz CT molecular complexity index is 631. The van der Waals surface area contributed by atoms with Gasteiger partial charge in [0.25, 0.3) is 5.91 Å². The summed E-state index contributed by atoms with van der Waals surface area (Å²) in [5.74, 6) is 0.580. The van der Waals surface area contributed by atoms with Gasteiger partial charge in [-0.2, -0.15) is 0 Å². The van der Waals surface area contributed by atoms with Crippen molar-refractivity contribution in [1.29, 1.82) is 0 Å². The Labute approximate surface area is 150 Å². The fourth-order valence-electron chi connectivity index (χ4n) is 4.21. The number of rotatable bonds is 6. The zero-order valence-electron chi connectivity index (χ0n) is 15.1. The Morgan fingerprint density at radius 1 is 1.28 bits per heavy atom. The molecule has 1 heterocycles. The van der Waals surface area contributed by atoms with E-state index in [1.54, 1.807) is 0 Å². The van der Waals surface area contributed by atoms with Crippen molar-refractivity contribution in [2.75, 3.05) is 19.6 Å². The maximum Gasteiger partial charge on any atom is 0.251 e. The molecule has 3 rings (SSSR count). The van der Waals surface area contributed by atoms with E-state index in [1.807, 2.05) is 31.2 Å². The van der Waals surface area contributed by atoms with Gasteiger partial charge < -0.3 is 16.0 Å². The van der Waals surface area contributed by atoms with Gasteiger partial charge in [0, 0.05) is 25.2 Å². The number of fused-ring (bicyclic) bond motifs is 1. The van der Waals surface area contributed by atoms with Crippen molar-refractivity contribution in [3.05, 3.63) is 35.4 Å². The molecule has 1 saturated heterocycles. The van der Waals surface area contributed by atoms with E-state index in [0.29, 0.717) is 24.6 Å². The van der Waals surface area contributed by atoms with Crippen molar-refractivity contribution in [1.82, 2.24) is 16.0 Å². The zero-order chi connectivity index (χ0) is 17.7. The van der Waals surface area contributed by atoms with E-state index in [0.717, 1.165) is 44.3 Å². The first kappa shape index (κ1) is 17.9. The molecule has 5 heteroatoms. The highest BCUT2D eigenvalue weighted by Crippen LogP contribution is 2.43. The van der Waals surface area contributed by atoms with Crippen LogP contribution >= 0.6 is 0 Å². The number of nitrogens with one attached hydrogen (secondary N) is 3. The molecule has 0 aromatic heterocycles. The van der Waals surface area contributed by atoms with Crippen LogP contribution in [0.3, 0.4) is 0 Å². The summed E-state index contributed by atoms with van der Waals surface area (Å²) in [6.45, 7) is 4.93. The van der Waals surface area contributed by atoms with Gasteiger partial charge in [-0.1, -0.05) is 31.9 Å². The van der Waals surface area contributed by atoms with E-state index >= 15 is 0 Å². The first-order valence-electron chi connectivity index (χ1n) is 9.52. The molecule has 2 fully saturated rings. The van der Waals surface area contributed by atoms with Crippen LogP contribution in [-0.4, -0.2) is 31.4 Å². The second-order valence-electron chi connectivity index (χ2n) is 7.37. The number of amides is 2. The van der Waals surface area contributed by atoms with Gasteiger partial charge in [0.1, 0.15) is 0 Å². The third-order valence-electron chi connectivity index (χ3n) is 5.67. The standard InChI is InChI=1S/C20H29N3O2/c1-2-10-22-18(24)16-7-5-6-15(11-16)12-23-19(25)20-9-4-3-8-17(20)13-21-14-20/h5-7,11,17,21H,2-4,8-10,12-14H2,1H3,(H,22,24)(H,23,25)/t17-,20+/m0/s1. The van der Waals surface area contributed by atoms with Gasteiger partial charge in [0.2, 0.25) is 5.91 Å². The highest BCUT2D eigenvalue weighted by Gasteiger charge is 2.49. The van der Waals surface area contributed by atoms with Crippen molar-refractivity contribution >= 4 is 11.8 Å². The third kappa shape index (κ3) is 3.87. The van der Waals surface area contributed by atoms with Crippen LogP contribution in [0.1, 0.15) is 54.9 Å². The summed E-state index contributed by atoms with van der Waals surface area (Å²) in [5.41, 5.74) is 1.39. The first-order chi connectivity index (χ1) is 12.2. The van der Waals surface area contributed by atoms with E-state index in [-0.39, 0.29) is 17.2 Å². The summed E-state index contributed by atoms with van der Waals surface area (Å²) in [6.07, 6.45) is 5.41. The van der Waals surface area contributed by atoms with E-state index in [2.05, 4.69) is 16.0 Å². The summed E-state index contributed by atoms with van der Waals surface area (Å²) >= 11 is 0. The predicted molar refractivity (Wildman–Crippen MR) is 98.2 cm³/mol. The summed E-state index contributed by atoms with van der Waals surface area (Å²) in [7, 11) is 0. The fourth-order valence-corrected chi connectivity index (χ4v) is 4.21. The lowest BCUT2D eigenvalue weighted by Crippen LogP contribution is -2.47. The molecule has 5 nitrogen and oxygen atoms in total. The molecule has 0 spiro atoms. The van der Waals surface area contributed by atoms with Crippen LogP contribution in [0.2, 0.25) is 0 Å². The second kappa shape index (κ2) is 8.00. The number of benzene rings is 1. The predicted octanol–water partition coefficient (Wildman–Crippen LogP) is 2.22. The van der Waals surface area contributed by atoms with Crippen LogP contribution < -0.4 is 16.0 Å². The van der Waals surface area contributed by atoms with Gasteiger partial charge in [-0.15, -0.1) is 0 Å². The largest absolute Gasteiger partial charge is 0.352 e. The SMILES string of the molecule is CCCNC(=O)c1cccc(CNC(=O)[C@@]23CCCC[C@H]2CNC3)c1. The normalized spacial score (nSPS) is 25.2. The highest BCUT2D eigenvalue weighted by atomic mass is 16.2. The number of hydrogen-bond donors (Lipinski definition) is 3. The van der Waals surface area contributed by atoms with Crippen molar-refractivity contribution in [2.24, 2.45) is 11.3 Å². The van der Waals surface area contributed by atoms with Gasteiger partial charge in [0.05, 0.1) is 5.41 Å². The van der Waals surface area contributed by atoms with Crippen LogP contribution in [0.15, 0.2) is 24.3 Å². The van der Waals surface area contributed by atoms with Gasteiger partial charge in [0.15, 0.2) is 0 Å². The lowest BCUT2D eigenvalue weighted by Gasteiger charge is -2.37. The number of carbonyl (C=O) groups excluding carboxylic acids is 2. The molecule has 3 N–H and O–H groups in total. The van der Waals surface area contributed by atoms with E-state index in [4.69, 9.17) is 0 Å². The minimum absolute atomic E-state index is 0.0547. The van der Waals surface area contributed by atoms with Crippen LogP contribution in [-0.2, 0) is 11.3 Å². The highest BCUT2D eigenvalue weighted by molar-refractivity contribution is 5.94.